The van der Waals surface area contributed by atoms with Gasteiger partial charge in [0.2, 0.25) is 5.91 Å². The van der Waals surface area contributed by atoms with E-state index in [-0.39, 0.29) is 17.2 Å². The number of rotatable bonds is 8. The fourth-order valence-corrected chi connectivity index (χ4v) is 6.51. The number of fused-ring (bicyclic) bond motifs is 3. The zero-order chi connectivity index (χ0) is 23.5. The van der Waals surface area contributed by atoms with Crippen molar-refractivity contribution in [1.82, 2.24) is 9.55 Å². The maximum Gasteiger partial charge on any atom is 0.263 e. The normalized spacial score (nSPS) is 12.7. The smallest absolute Gasteiger partial charge is 0.263 e. The van der Waals surface area contributed by atoms with E-state index in [1.54, 1.807) is 27.9 Å². The van der Waals surface area contributed by atoms with E-state index in [1.165, 1.54) is 16.6 Å². The first-order valence-corrected chi connectivity index (χ1v) is 13.1. The molecule has 174 valence electrons. The van der Waals surface area contributed by atoms with Gasteiger partial charge in [0.25, 0.3) is 5.56 Å². The molecule has 2 aromatic carbocycles. The van der Waals surface area contributed by atoms with Crippen molar-refractivity contribution in [2.75, 3.05) is 24.4 Å². The number of anilines is 2. The molecule has 2 aromatic heterocycles. The van der Waals surface area contributed by atoms with Crippen LogP contribution in [0, 0.1) is 0 Å². The summed E-state index contributed by atoms with van der Waals surface area (Å²) in [4.78, 5) is 35.5. The van der Waals surface area contributed by atoms with Gasteiger partial charge in [-0.3, -0.25) is 19.1 Å². The highest BCUT2D eigenvalue weighted by Gasteiger charge is 2.24. The molecule has 0 bridgehead atoms. The Hall–Kier alpha value is -2.94. The Morgan fingerprint density at radius 3 is 2.41 bits per heavy atom. The molecule has 0 radical (unpaired) electrons. The quantitative estimate of drug-likeness (QED) is 0.255. The second-order valence-electron chi connectivity index (χ2n) is 8.07. The van der Waals surface area contributed by atoms with Crippen LogP contribution in [-0.4, -0.2) is 34.9 Å². The number of carbonyl (C=O) groups excluding carboxylic acids is 1. The van der Waals surface area contributed by atoms with Crippen LogP contribution in [-0.2, 0) is 28.9 Å². The summed E-state index contributed by atoms with van der Waals surface area (Å²) in [5.41, 5.74) is 2.73. The molecular weight excluding hydrogens is 466 g/mol. The number of aryl methyl sites for hydroxylation is 2. The number of amides is 1. The Morgan fingerprint density at radius 1 is 1.09 bits per heavy atom. The lowest BCUT2D eigenvalue weighted by Crippen LogP contribution is -2.29. The van der Waals surface area contributed by atoms with Gasteiger partial charge in [0.1, 0.15) is 4.83 Å². The van der Waals surface area contributed by atoms with E-state index < -0.39 is 0 Å². The minimum atomic E-state index is -0.0799. The van der Waals surface area contributed by atoms with Crippen molar-refractivity contribution in [3.8, 4) is 0 Å². The van der Waals surface area contributed by atoms with Crippen molar-refractivity contribution in [2.24, 2.45) is 0 Å². The van der Waals surface area contributed by atoms with Crippen LogP contribution in [0.3, 0.4) is 0 Å². The zero-order valence-electron chi connectivity index (χ0n) is 18.9. The lowest BCUT2D eigenvalue weighted by Gasteiger charge is -2.23. The average molecular weight is 492 g/mol. The van der Waals surface area contributed by atoms with Gasteiger partial charge in [-0.2, -0.15) is 0 Å². The van der Waals surface area contributed by atoms with Gasteiger partial charge < -0.3 is 4.74 Å². The molecule has 0 saturated heterocycles. The second-order valence-corrected chi connectivity index (χ2v) is 10.1. The Bertz CT molecular complexity index is 1330. The van der Waals surface area contributed by atoms with E-state index in [4.69, 9.17) is 9.72 Å². The number of thioether (sulfide) groups is 1. The predicted octanol–water partition coefficient (Wildman–Crippen LogP) is 5.05. The molecule has 1 amide bonds. The van der Waals surface area contributed by atoms with Crippen LogP contribution >= 0.6 is 23.1 Å². The van der Waals surface area contributed by atoms with Gasteiger partial charge in [0.05, 0.1) is 24.3 Å². The highest BCUT2D eigenvalue weighted by molar-refractivity contribution is 7.99. The van der Waals surface area contributed by atoms with Crippen LogP contribution in [0.4, 0.5) is 11.4 Å². The van der Waals surface area contributed by atoms with E-state index in [9.17, 15) is 9.59 Å². The van der Waals surface area contributed by atoms with Gasteiger partial charge in [0, 0.05) is 23.4 Å². The highest BCUT2D eigenvalue weighted by Crippen LogP contribution is 2.36. The number of thiophene rings is 1. The molecule has 0 aliphatic heterocycles. The maximum atomic E-state index is 13.5. The molecule has 1 aliphatic rings. The number of carbonyl (C=O) groups is 1. The first-order valence-electron chi connectivity index (χ1n) is 11.3. The molecule has 8 heteroatoms. The largest absolute Gasteiger partial charge is 0.383 e. The topological polar surface area (TPSA) is 64.4 Å². The maximum absolute atomic E-state index is 13.5. The molecule has 6 nitrogen and oxygen atoms in total. The van der Waals surface area contributed by atoms with Crippen LogP contribution in [0.1, 0.15) is 16.9 Å². The number of methoxy groups -OCH3 is 1. The molecule has 0 N–H and O–H groups in total. The van der Waals surface area contributed by atoms with Crippen molar-refractivity contribution in [2.45, 2.75) is 31.0 Å². The van der Waals surface area contributed by atoms with Crippen molar-refractivity contribution in [3.63, 3.8) is 0 Å². The number of nitrogens with zero attached hydrogens (tertiary/aromatic N) is 3. The first kappa shape index (κ1) is 22.8. The summed E-state index contributed by atoms with van der Waals surface area (Å²) in [7, 11) is 1.62. The van der Waals surface area contributed by atoms with Crippen LogP contribution in [0.15, 0.2) is 70.6 Å². The van der Waals surface area contributed by atoms with E-state index >= 15 is 0 Å². The fourth-order valence-electron chi connectivity index (χ4n) is 4.33. The molecule has 34 heavy (non-hydrogen) atoms. The van der Waals surface area contributed by atoms with Crippen LogP contribution in [0.25, 0.3) is 10.2 Å². The lowest BCUT2D eigenvalue weighted by molar-refractivity contribution is -0.115. The molecule has 0 saturated carbocycles. The molecule has 5 rings (SSSR count). The monoisotopic (exact) mass is 491 g/mol. The lowest BCUT2D eigenvalue weighted by atomic mass is 10.2. The van der Waals surface area contributed by atoms with Crippen LogP contribution in [0.5, 0.6) is 0 Å². The van der Waals surface area contributed by atoms with Gasteiger partial charge in [-0.15, -0.1) is 11.3 Å². The molecular formula is C26H25N3O3S2. The number of hydrogen-bond donors (Lipinski definition) is 0. The minimum absolute atomic E-state index is 0.0284. The average Bonchev–Trinajstić information content (AvgIpc) is 3.45. The Balaban J connectivity index is 1.47. The third-order valence-electron chi connectivity index (χ3n) is 5.91. The Labute approximate surface area is 206 Å². The summed E-state index contributed by atoms with van der Waals surface area (Å²) >= 11 is 2.92. The minimum Gasteiger partial charge on any atom is -0.383 e. The second kappa shape index (κ2) is 10.1. The summed E-state index contributed by atoms with van der Waals surface area (Å²) in [5.74, 6) is 0.0727. The molecule has 0 atom stereocenters. The summed E-state index contributed by atoms with van der Waals surface area (Å²) in [6.45, 7) is 0.807. The van der Waals surface area contributed by atoms with Crippen molar-refractivity contribution >= 4 is 50.6 Å². The van der Waals surface area contributed by atoms with Gasteiger partial charge in [-0.25, -0.2) is 4.98 Å². The number of benzene rings is 2. The molecule has 1 aliphatic carbocycles. The Morgan fingerprint density at radius 2 is 1.76 bits per heavy atom. The summed E-state index contributed by atoms with van der Waals surface area (Å²) in [6.07, 6.45) is 3.04. The van der Waals surface area contributed by atoms with Crippen molar-refractivity contribution in [3.05, 3.63) is 81.5 Å². The van der Waals surface area contributed by atoms with E-state index in [2.05, 4.69) is 0 Å². The molecule has 2 heterocycles. The summed E-state index contributed by atoms with van der Waals surface area (Å²) in [6, 6.07) is 19.2. The zero-order valence-corrected chi connectivity index (χ0v) is 20.5. The number of para-hydroxylation sites is 2. The van der Waals surface area contributed by atoms with E-state index in [0.29, 0.717) is 18.3 Å². The van der Waals surface area contributed by atoms with E-state index in [1.807, 2.05) is 60.7 Å². The third kappa shape index (κ3) is 4.41. The van der Waals surface area contributed by atoms with Crippen LogP contribution < -0.4 is 10.5 Å². The fraction of sp³-hybridized carbons (Fsp3) is 0.269. The summed E-state index contributed by atoms with van der Waals surface area (Å²) < 4.78 is 6.92. The van der Waals surface area contributed by atoms with Crippen molar-refractivity contribution < 1.29 is 9.53 Å². The first-order chi connectivity index (χ1) is 16.7. The molecule has 0 spiro atoms. The van der Waals surface area contributed by atoms with Gasteiger partial charge in [-0.05, 0) is 49.1 Å². The van der Waals surface area contributed by atoms with Gasteiger partial charge >= 0.3 is 0 Å². The Kier molecular flexibility index (Phi) is 6.80. The molecule has 4 aromatic rings. The number of hydrogen-bond acceptors (Lipinski definition) is 6. The summed E-state index contributed by atoms with van der Waals surface area (Å²) in [5, 5.41) is 1.31. The number of aromatic nitrogens is 2. The number of ether oxygens (including phenoxy) is 1. The standard InChI is InChI=1S/C26H25N3O3S2/c1-32-16-15-28-25(31)23-20-13-8-14-21(20)34-24(23)27-26(28)33-17-22(30)29(18-9-4-2-5-10-18)19-11-6-3-7-12-19/h2-7,9-12H,8,13-17H2,1H3. The molecule has 0 fully saturated rings. The highest BCUT2D eigenvalue weighted by atomic mass is 32.2. The van der Waals surface area contributed by atoms with Gasteiger partial charge in [-0.1, -0.05) is 48.2 Å². The van der Waals surface area contributed by atoms with Crippen molar-refractivity contribution in [1.29, 1.82) is 0 Å². The third-order valence-corrected chi connectivity index (χ3v) is 8.06. The predicted molar refractivity (Wildman–Crippen MR) is 139 cm³/mol. The van der Waals surface area contributed by atoms with Crippen LogP contribution in [0.2, 0.25) is 0 Å². The molecule has 0 unspecified atom stereocenters. The SMILES string of the molecule is COCCn1c(SCC(=O)N(c2ccccc2)c2ccccc2)nc2sc3c(c2c1=O)CCC3. The van der Waals surface area contributed by atoms with E-state index in [0.717, 1.165) is 46.4 Å². The van der Waals surface area contributed by atoms with Gasteiger partial charge in [0.15, 0.2) is 5.16 Å².